The Balaban J connectivity index is 1.89. The summed E-state index contributed by atoms with van der Waals surface area (Å²) in [6, 6.07) is 15.1. The van der Waals surface area contributed by atoms with Crippen molar-refractivity contribution in [2.24, 2.45) is 0 Å². The minimum absolute atomic E-state index is 0.139. The van der Waals surface area contributed by atoms with E-state index in [0.717, 1.165) is 17.0 Å². The molecule has 0 heterocycles. The molecule has 2 aromatic carbocycles. The van der Waals surface area contributed by atoms with Gasteiger partial charge in [-0.2, -0.15) is 0 Å². The molecule has 1 N–H and O–H groups in total. The number of carbonyl (C=O) groups is 1. The summed E-state index contributed by atoms with van der Waals surface area (Å²) in [7, 11) is 1.72. The van der Waals surface area contributed by atoms with Crippen molar-refractivity contribution in [1.29, 1.82) is 0 Å². The Kier molecular flexibility index (Phi) is 4.82. The predicted molar refractivity (Wildman–Crippen MR) is 84.8 cm³/mol. The Morgan fingerprint density at radius 2 is 1.81 bits per heavy atom. The number of urea groups is 1. The first-order valence-corrected chi connectivity index (χ1v) is 6.85. The van der Waals surface area contributed by atoms with Crippen molar-refractivity contribution in [1.82, 2.24) is 5.32 Å². The Morgan fingerprint density at radius 3 is 2.52 bits per heavy atom. The first-order valence-electron chi connectivity index (χ1n) is 6.85. The van der Waals surface area contributed by atoms with Crippen LogP contribution in [0, 0.1) is 13.8 Å². The normalized spacial score (nSPS) is 10.0. The molecule has 2 rings (SSSR count). The Morgan fingerprint density at radius 1 is 1.10 bits per heavy atom. The number of rotatable bonds is 4. The number of aryl methyl sites for hydroxylation is 1. The number of amides is 2. The minimum atomic E-state index is -0.202. The van der Waals surface area contributed by atoms with Crippen molar-refractivity contribution in [3.05, 3.63) is 59.7 Å². The summed E-state index contributed by atoms with van der Waals surface area (Å²) in [6.07, 6.45) is 0. The number of nitrogens with one attached hydrogen (secondary N) is 1. The topological polar surface area (TPSA) is 41.6 Å². The molecule has 0 aliphatic rings. The van der Waals surface area contributed by atoms with Crippen LogP contribution in [0.2, 0.25) is 0 Å². The zero-order valence-electron chi connectivity index (χ0n) is 12.6. The fourth-order valence-corrected chi connectivity index (χ4v) is 1.94. The van der Waals surface area contributed by atoms with Gasteiger partial charge >= 0.3 is 6.03 Å². The largest absolute Gasteiger partial charge is 0.473 e. The molecule has 2 amide bonds. The lowest BCUT2D eigenvalue weighted by molar-refractivity contribution is 0.230. The minimum Gasteiger partial charge on any atom is -0.473 e. The van der Waals surface area contributed by atoms with Gasteiger partial charge in [-0.05, 0) is 43.2 Å². The molecule has 110 valence electrons. The van der Waals surface area contributed by atoms with Crippen LogP contribution in [-0.4, -0.2) is 19.8 Å². The van der Waals surface area contributed by atoms with Gasteiger partial charge in [-0.15, -0.1) is 0 Å². The van der Waals surface area contributed by atoms with Gasteiger partial charge in [-0.25, -0.2) is 4.79 Å². The smallest absolute Gasteiger partial charge is 0.324 e. The highest BCUT2D eigenvalue weighted by atomic mass is 16.5. The van der Waals surface area contributed by atoms with Gasteiger partial charge < -0.3 is 10.1 Å². The maximum atomic E-state index is 12.0. The van der Waals surface area contributed by atoms with Crippen LogP contribution < -0.4 is 15.0 Å². The molecule has 0 aliphatic heterocycles. The maximum absolute atomic E-state index is 12.0. The number of hydrogen-bond donors (Lipinski definition) is 1. The van der Waals surface area contributed by atoms with E-state index in [1.807, 2.05) is 62.4 Å². The van der Waals surface area contributed by atoms with Crippen molar-refractivity contribution < 1.29 is 9.53 Å². The van der Waals surface area contributed by atoms with Crippen LogP contribution in [0.5, 0.6) is 5.75 Å². The van der Waals surface area contributed by atoms with Crippen LogP contribution >= 0.6 is 0 Å². The van der Waals surface area contributed by atoms with Crippen molar-refractivity contribution >= 4 is 11.7 Å². The van der Waals surface area contributed by atoms with Crippen molar-refractivity contribution in [3.8, 4) is 5.75 Å². The number of para-hydroxylation sites is 1. The van der Waals surface area contributed by atoms with Gasteiger partial charge in [0.2, 0.25) is 0 Å². The van der Waals surface area contributed by atoms with E-state index in [9.17, 15) is 4.79 Å². The molecule has 2 aromatic rings. The van der Waals surface area contributed by atoms with Gasteiger partial charge in [-0.1, -0.05) is 30.3 Å². The van der Waals surface area contributed by atoms with Crippen LogP contribution in [0.4, 0.5) is 10.5 Å². The van der Waals surface area contributed by atoms with Gasteiger partial charge in [0.05, 0.1) is 0 Å². The van der Waals surface area contributed by atoms with E-state index in [1.165, 1.54) is 5.56 Å². The Bertz CT molecular complexity index is 611. The van der Waals surface area contributed by atoms with Crippen LogP contribution in [0.1, 0.15) is 11.1 Å². The first kappa shape index (κ1) is 14.9. The monoisotopic (exact) mass is 284 g/mol. The molecule has 0 fully saturated rings. The van der Waals surface area contributed by atoms with E-state index in [-0.39, 0.29) is 12.8 Å². The van der Waals surface area contributed by atoms with Crippen LogP contribution in [-0.2, 0) is 0 Å². The van der Waals surface area contributed by atoms with E-state index in [0.29, 0.717) is 0 Å². The fourth-order valence-electron chi connectivity index (χ4n) is 1.94. The number of anilines is 1. The lowest BCUT2D eigenvalue weighted by Crippen LogP contribution is -2.39. The molecule has 4 heteroatoms. The molecule has 0 unspecified atom stereocenters. The molecular formula is C17H20N2O2. The number of ether oxygens (including phenoxy) is 1. The highest BCUT2D eigenvalue weighted by molar-refractivity contribution is 5.91. The second-order valence-corrected chi connectivity index (χ2v) is 4.86. The van der Waals surface area contributed by atoms with Gasteiger partial charge in [0.25, 0.3) is 0 Å². The summed E-state index contributed by atoms with van der Waals surface area (Å²) in [5.74, 6) is 0.790. The summed E-state index contributed by atoms with van der Waals surface area (Å²) in [5, 5.41) is 2.74. The summed E-state index contributed by atoms with van der Waals surface area (Å²) in [5.41, 5.74) is 3.09. The summed E-state index contributed by atoms with van der Waals surface area (Å²) >= 11 is 0. The zero-order chi connectivity index (χ0) is 15.2. The maximum Gasteiger partial charge on any atom is 0.324 e. The van der Waals surface area contributed by atoms with Gasteiger partial charge in [0, 0.05) is 12.7 Å². The Hall–Kier alpha value is -2.49. The molecule has 0 atom stereocenters. The van der Waals surface area contributed by atoms with Gasteiger partial charge in [-0.3, -0.25) is 4.90 Å². The van der Waals surface area contributed by atoms with E-state index >= 15 is 0 Å². The predicted octanol–water partition coefficient (Wildman–Crippen LogP) is 3.49. The number of carbonyl (C=O) groups excluding carboxylic acids is 1. The molecule has 0 saturated carbocycles. The zero-order valence-corrected chi connectivity index (χ0v) is 12.6. The Labute approximate surface area is 125 Å². The lowest BCUT2D eigenvalue weighted by atomic mass is 10.1. The molecule has 0 bridgehead atoms. The van der Waals surface area contributed by atoms with Gasteiger partial charge in [0.1, 0.15) is 5.75 Å². The van der Waals surface area contributed by atoms with E-state index in [4.69, 9.17) is 4.74 Å². The number of nitrogens with zero attached hydrogens (tertiary/aromatic N) is 1. The highest BCUT2D eigenvalue weighted by Crippen LogP contribution is 2.20. The van der Waals surface area contributed by atoms with Crippen molar-refractivity contribution in [2.45, 2.75) is 13.8 Å². The van der Waals surface area contributed by atoms with E-state index in [1.54, 1.807) is 11.9 Å². The van der Waals surface area contributed by atoms with Crippen LogP contribution in [0.15, 0.2) is 48.5 Å². The molecular weight excluding hydrogens is 264 g/mol. The van der Waals surface area contributed by atoms with Crippen molar-refractivity contribution in [2.75, 3.05) is 18.7 Å². The van der Waals surface area contributed by atoms with Gasteiger partial charge in [0.15, 0.2) is 6.73 Å². The van der Waals surface area contributed by atoms with Crippen LogP contribution in [0.3, 0.4) is 0 Å². The quantitative estimate of drug-likeness (QED) is 0.873. The summed E-state index contributed by atoms with van der Waals surface area (Å²) in [6.45, 7) is 4.17. The molecule has 0 aliphatic carbocycles. The average molecular weight is 284 g/mol. The summed E-state index contributed by atoms with van der Waals surface area (Å²) in [4.78, 5) is 13.6. The fraction of sp³-hybridized carbons (Fsp3) is 0.235. The third-order valence-corrected chi connectivity index (χ3v) is 3.45. The molecule has 0 saturated heterocycles. The summed E-state index contributed by atoms with van der Waals surface area (Å²) < 4.78 is 5.62. The second-order valence-electron chi connectivity index (χ2n) is 4.86. The molecule has 0 aromatic heterocycles. The first-order chi connectivity index (χ1) is 10.1. The number of hydrogen-bond acceptors (Lipinski definition) is 2. The molecule has 0 spiro atoms. The molecule has 0 radical (unpaired) electrons. The SMILES string of the molecule is Cc1cccc(OCNC(=O)N(C)c2ccccc2)c1C. The third kappa shape index (κ3) is 3.75. The molecule has 21 heavy (non-hydrogen) atoms. The standard InChI is InChI=1S/C17H20N2O2/c1-13-8-7-11-16(14(13)2)21-12-18-17(20)19(3)15-9-5-4-6-10-15/h4-11H,12H2,1-3H3,(H,18,20). The van der Waals surface area contributed by atoms with E-state index in [2.05, 4.69) is 5.32 Å². The average Bonchev–Trinajstić information content (AvgIpc) is 2.51. The van der Waals surface area contributed by atoms with Crippen molar-refractivity contribution in [3.63, 3.8) is 0 Å². The lowest BCUT2D eigenvalue weighted by Gasteiger charge is -2.18. The second kappa shape index (κ2) is 6.79. The number of benzene rings is 2. The highest BCUT2D eigenvalue weighted by Gasteiger charge is 2.10. The van der Waals surface area contributed by atoms with Crippen LogP contribution in [0.25, 0.3) is 0 Å². The molecule has 4 nitrogen and oxygen atoms in total. The third-order valence-electron chi connectivity index (χ3n) is 3.45. The van der Waals surface area contributed by atoms with E-state index < -0.39 is 0 Å².